The quantitative estimate of drug-likeness (QED) is 0.850. The molecule has 4 nitrogen and oxygen atoms in total. The molecule has 5 heteroatoms. The van der Waals surface area contributed by atoms with Crippen molar-refractivity contribution >= 4 is 21.8 Å². The van der Waals surface area contributed by atoms with Gasteiger partial charge in [-0.1, -0.05) is 22.0 Å². The van der Waals surface area contributed by atoms with E-state index in [1.807, 2.05) is 6.92 Å². The summed E-state index contributed by atoms with van der Waals surface area (Å²) in [5.74, 6) is 0.0476. The lowest BCUT2D eigenvalue weighted by Gasteiger charge is -2.37. The van der Waals surface area contributed by atoms with Gasteiger partial charge in [0.2, 0.25) is 0 Å². The van der Waals surface area contributed by atoms with Crippen molar-refractivity contribution in [2.24, 2.45) is 0 Å². The number of alkyl halides is 1. The number of carbonyl (C=O) groups is 1. The molecule has 0 aromatic heterocycles. The van der Waals surface area contributed by atoms with Gasteiger partial charge in [-0.2, -0.15) is 0 Å². The SMILES string of the molecule is CC1COC(CBr)CN1C(=O)c1cccc(O)c1. The lowest BCUT2D eigenvalue weighted by Crippen LogP contribution is -2.51. The molecule has 0 saturated carbocycles. The van der Waals surface area contributed by atoms with Gasteiger partial charge in [-0.15, -0.1) is 0 Å². The average Bonchev–Trinajstić information content (AvgIpc) is 2.38. The van der Waals surface area contributed by atoms with E-state index in [1.165, 1.54) is 6.07 Å². The zero-order chi connectivity index (χ0) is 13.1. The molecule has 2 atom stereocenters. The number of carbonyl (C=O) groups excluding carboxylic acids is 1. The summed E-state index contributed by atoms with van der Waals surface area (Å²) in [6, 6.07) is 6.49. The van der Waals surface area contributed by atoms with Crippen LogP contribution >= 0.6 is 15.9 Å². The zero-order valence-electron chi connectivity index (χ0n) is 10.2. The molecule has 1 heterocycles. The number of rotatable bonds is 2. The molecular formula is C13H16BrNO3. The number of hydrogen-bond acceptors (Lipinski definition) is 3. The van der Waals surface area contributed by atoms with Crippen LogP contribution in [-0.4, -0.2) is 46.5 Å². The summed E-state index contributed by atoms with van der Waals surface area (Å²) in [6.07, 6.45) is 0.0301. The number of morpholine rings is 1. The van der Waals surface area contributed by atoms with E-state index < -0.39 is 0 Å². The van der Waals surface area contributed by atoms with Crippen LogP contribution in [0.15, 0.2) is 24.3 Å². The van der Waals surface area contributed by atoms with Gasteiger partial charge in [-0.3, -0.25) is 4.79 Å². The highest BCUT2D eigenvalue weighted by atomic mass is 79.9. The van der Waals surface area contributed by atoms with Crippen LogP contribution in [-0.2, 0) is 4.74 Å². The normalized spacial score (nSPS) is 24.0. The van der Waals surface area contributed by atoms with Crippen LogP contribution in [0.2, 0.25) is 0 Å². The summed E-state index contributed by atoms with van der Waals surface area (Å²) in [5, 5.41) is 10.1. The van der Waals surface area contributed by atoms with Gasteiger partial charge in [0.25, 0.3) is 5.91 Å². The predicted molar refractivity (Wildman–Crippen MR) is 72.1 cm³/mol. The van der Waals surface area contributed by atoms with Crippen LogP contribution in [0.5, 0.6) is 5.75 Å². The Bertz CT molecular complexity index is 438. The topological polar surface area (TPSA) is 49.8 Å². The van der Waals surface area contributed by atoms with Gasteiger partial charge in [0.15, 0.2) is 0 Å². The number of halogens is 1. The highest BCUT2D eigenvalue weighted by molar-refractivity contribution is 9.09. The first-order chi connectivity index (χ1) is 8.61. The Morgan fingerprint density at radius 2 is 2.39 bits per heavy atom. The van der Waals surface area contributed by atoms with Crippen molar-refractivity contribution in [1.29, 1.82) is 0 Å². The van der Waals surface area contributed by atoms with Crippen LogP contribution in [0, 0.1) is 0 Å². The first-order valence-electron chi connectivity index (χ1n) is 5.89. The number of nitrogens with zero attached hydrogens (tertiary/aromatic N) is 1. The van der Waals surface area contributed by atoms with Crippen molar-refractivity contribution in [3.8, 4) is 5.75 Å². The number of ether oxygens (including phenoxy) is 1. The molecule has 2 rings (SSSR count). The molecule has 18 heavy (non-hydrogen) atoms. The first kappa shape index (κ1) is 13.4. The van der Waals surface area contributed by atoms with E-state index in [-0.39, 0.29) is 23.8 Å². The van der Waals surface area contributed by atoms with Gasteiger partial charge in [0.05, 0.1) is 18.8 Å². The molecular weight excluding hydrogens is 298 g/mol. The minimum atomic E-state index is -0.0624. The Hall–Kier alpha value is -1.07. The van der Waals surface area contributed by atoms with Gasteiger partial charge < -0.3 is 14.7 Å². The van der Waals surface area contributed by atoms with Crippen molar-refractivity contribution in [3.05, 3.63) is 29.8 Å². The van der Waals surface area contributed by atoms with Gasteiger partial charge in [0.1, 0.15) is 5.75 Å². The molecule has 0 aliphatic carbocycles. The minimum absolute atomic E-state index is 0.0301. The highest BCUT2D eigenvalue weighted by Crippen LogP contribution is 2.19. The summed E-state index contributed by atoms with van der Waals surface area (Å²) >= 11 is 3.37. The number of phenolic OH excluding ortho intramolecular Hbond substituents is 1. The fourth-order valence-electron chi connectivity index (χ4n) is 2.00. The lowest BCUT2D eigenvalue weighted by atomic mass is 10.1. The van der Waals surface area contributed by atoms with Crippen LogP contribution in [0.4, 0.5) is 0 Å². The van der Waals surface area contributed by atoms with Crippen LogP contribution in [0.25, 0.3) is 0 Å². The number of phenols is 1. The van der Waals surface area contributed by atoms with Gasteiger partial charge in [-0.05, 0) is 25.1 Å². The van der Waals surface area contributed by atoms with Gasteiger partial charge in [-0.25, -0.2) is 0 Å². The van der Waals surface area contributed by atoms with E-state index in [2.05, 4.69) is 15.9 Å². The van der Waals surface area contributed by atoms with Gasteiger partial charge >= 0.3 is 0 Å². The molecule has 1 N–H and O–H groups in total. The Balaban J connectivity index is 2.16. The molecule has 1 aromatic rings. The van der Waals surface area contributed by atoms with Crippen molar-refractivity contribution in [2.75, 3.05) is 18.5 Å². The van der Waals surface area contributed by atoms with Crippen molar-refractivity contribution in [1.82, 2.24) is 4.90 Å². The second-order valence-corrected chi connectivity index (χ2v) is 5.11. The lowest BCUT2D eigenvalue weighted by molar-refractivity contribution is -0.0361. The molecule has 1 aromatic carbocycles. The third-order valence-corrected chi connectivity index (χ3v) is 3.75. The van der Waals surface area contributed by atoms with Gasteiger partial charge in [0, 0.05) is 17.4 Å². The Morgan fingerprint density at radius 3 is 3.06 bits per heavy atom. The predicted octanol–water partition coefficient (Wildman–Crippen LogP) is 2.02. The van der Waals surface area contributed by atoms with Crippen molar-refractivity contribution in [3.63, 3.8) is 0 Å². The van der Waals surface area contributed by atoms with Crippen LogP contribution in [0.3, 0.4) is 0 Å². The van der Waals surface area contributed by atoms with Crippen molar-refractivity contribution in [2.45, 2.75) is 19.1 Å². The third-order valence-electron chi connectivity index (χ3n) is 3.03. The zero-order valence-corrected chi connectivity index (χ0v) is 11.8. The summed E-state index contributed by atoms with van der Waals surface area (Å²) in [6.45, 7) is 3.08. The number of benzene rings is 1. The molecule has 1 aliphatic rings. The summed E-state index contributed by atoms with van der Waals surface area (Å²) < 4.78 is 5.59. The van der Waals surface area contributed by atoms with Crippen LogP contribution in [0.1, 0.15) is 17.3 Å². The van der Waals surface area contributed by atoms with Crippen LogP contribution < -0.4 is 0 Å². The van der Waals surface area contributed by atoms with E-state index in [9.17, 15) is 9.90 Å². The number of hydrogen-bond donors (Lipinski definition) is 1. The maximum atomic E-state index is 12.4. The molecule has 1 aliphatic heterocycles. The minimum Gasteiger partial charge on any atom is -0.508 e. The monoisotopic (exact) mass is 313 g/mol. The largest absolute Gasteiger partial charge is 0.508 e. The standard InChI is InChI=1S/C13H16BrNO3/c1-9-8-18-12(6-14)7-15(9)13(17)10-3-2-4-11(16)5-10/h2-5,9,12,16H,6-8H2,1H3. The maximum absolute atomic E-state index is 12.4. The second kappa shape index (κ2) is 5.71. The van der Waals surface area contributed by atoms with E-state index in [0.717, 1.165) is 0 Å². The molecule has 1 saturated heterocycles. The smallest absolute Gasteiger partial charge is 0.254 e. The molecule has 98 valence electrons. The molecule has 0 radical (unpaired) electrons. The fraction of sp³-hybridized carbons (Fsp3) is 0.462. The molecule has 2 unspecified atom stereocenters. The molecule has 1 amide bonds. The third kappa shape index (κ3) is 2.84. The maximum Gasteiger partial charge on any atom is 0.254 e. The van der Waals surface area contributed by atoms with E-state index in [1.54, 1.807) is 23.1 Å². The number of aromatic hydroxyl groups is 1. The highest BCUT2D eigenvalue weighted by Gasteiger charge is 2.29. The van der Waals surface area contributed by atoms with E-state index >= 15 is 0 Å². The van der Waals surface area contributed by atoms with E-state index in [4.69, 9.17) is 4.74 Å². The second-order valence-electron chi connectivity index (χ2n) is 4.47. The Labute approximate surface area is 115 Å². The van der Waals surface area contributed by atoms with Crippen molar-refractivity contribution < 1.29 is 14.6 Å². The van der Waals surface area contributed by atoms with E-state index in [0.29, 0.717) is 24.0 Å². The average molecular weight is 314 g/mol. The molecule has 1 fully saturated rings. The summed E-state index contributed by atoms with van der Waals surface area (Å²) in [7, 11) is 0. The summed E-state index contributed by atoms with van der Waals surface area (Å²) in [4.78, 5) is 14.2. The fourth-order valence-corrected chi connectivity index (χ4v) is 2.39. The Morgan fingerprint density at radius 1 is 1.61 bits per heavy atom. The molecule has 0 bridgehead atoms. The number of amides is 1. The first-order valence-corrected chi connectivity index (χ1v) is 7.01. The molecule has 0 spiro atoms. The summed E-state index contributed by atoms with van der Waals surface area (Å²) in [5.41, 5.74) is 0.511. The Kier molecular flexibility index (Phi) is 4.24.